The molecule has 0 saturated heterocycles. The van der Waals surface area contributed by atoms with E-state index in [1.54, 1.807) is 23.5 Å². The molecule has 1 nitrogen and oxygen atoms in total. The van der Waals surface area contributed by atoms with E-state index >= 15 is 0 Å². The van der Waals surface area contributed by atoms with Crippen molar-refractivity contribution in [3.8, 4) is 0 Å². The van der Waals surface area contributed by atoms with Crippen molar-refractivity contribution in [2.45, 2.75) is 19.4 Å². The molecule has 1 heterocycles. The van der Waals surface area contributed by atoms with Gasteiger partial charge in [-0.2, -0.15) is 0 Å². The van der Waals surface area contributed by atoms with Crippen LogP contribution in [0.4, 0.5) is 4.39 Å². The van der Waals surface area contributed by atoms with Crippen LogP contribution in [-0.4, -0.2) is 5.11 Å². The van der Waals surface area contributed by atoms with Crippen molar-refractivity contribution < 1.29 is 9.50 Å². The van der Waals surface area contributed by atoms with Crippen LogP contribution in [0, 0.1) is 12.7 Å². The Bertz CT molecular complexity index is 524. The Hall–Kier alpha value is -0.710. The standard InChI is InChI=1S/C13H12BrFOS/c1-8-4-5-17-13(8)12(16)7-9-2-3-11(15)10(14)6-9/h2-6,12,16H,7H2,1H3. The van der Waals surface area contributed by atoms with Gasteiger partial charge < -0.3 is 5.11 Å². The number of rotatable bonds is 3. The minimum atomic E-state index is -0.521. The molecule has 1 aromatic carbocycles. The summed E-state index contributed by atoms with van der Waals surface area (Å²) in [4.78, 5) is 0.977. The van der Waals surface area contributed by atoms with Gasteiger partial charge in [0, 0.05) is 11.3 Å². The number of halogens is 2. The normalized spacial score (nSPS) is 12.7. The van der Waals surface area contributed by atoms with Gasteiger partial charge in [0.1, 0.15) is 5.82 Å². The first-order chi connectivity index (χ1) is 8.08. The zero-order chi connectivity index (χ0) is 12.4. The SMILES string of the molecule is Cc1ccsc1C(O)Cc1ccc(F)c(Br)c1. The molecular formula is C13H12BrFOS. The van der Waals surface area contributed by atoms with Gasteiger partial charge in [-0.15, -0.1) is 11.3 Å². The van der Waals surface area contributed by atoms with Crippen LogP contribution < -0.4 is 0 Å². The largest absolute Gasteiger partial charge is 0.387 e. The number of aliphatic hydroxyl groups is 1. The van der Waals surface area contributed by atoms with Gasteiger partial charge >= 0.3 is 0 Å². The van der Waals surface area contributed by atoms with Gasteiger partial charge in [0.05, 0.1) is 10.6 Å². The van der Waals surface area contributed by atoms with Crippen LogP contribution in [0.3, 0.4) is 0 Å². The van der Waals surface area contributed by atoms with Crippen molar-refractivity contribution >= 4 is 27.3 Å². The zero-order valence-corrected chi connectivity index (χ0v) is 11.7. The molecule has 2 aromatic rings. The molecule has 1 atom stereocenters. The fourth-order valence-corrected chi connectivity index (χ4v) is 3.05. The van der Waals surface area contributed by atoms with Crippen LogP contribution in [-0.2, 0) is 6.42 Å². The molecule has 17 heavy (non-hydrogen) atoms. The first-order valence-electron chi connectivity index (χ1n) is 5.24. The first-order valence-corrected chi connectivity index (χ1v) is 6.91. The Morgan fingerprint density at radius 3 is 2.76 bits per heavy atom. The molecule has 1 N–H and O–H groups in total. The molecule has 0 amide bonds. The highest BCUT2D eigenvalue weighted by Crippen LogP contribution is 2.27. The molecule has 0 spiro atoms. The van der Waals surface area contributed by atoms with Crippen LogP contribution in [0.2, 0.25) is 0 Å². The second-order valence-corrected chi connectivity index (χ2v) is 5.74. The van der Waals surface area contributed by atoms with Crippen LogP contribution in [0.25, 0.3) is 0 Å². The lowest BCUT2D eigenvalue weighted by Gasteiger charge is -2.10. The van der Waals surface area contributed by atoms with Gasteiger partial charge in [-0.25, -0.2) is 4.39 Å². The summed E-state index contributed by atoms with van der Waals surface area (Å²) >= 11 is 4.69. The predicted molar refractivity (Wildman–Crippen MR) is 71.8 cm³/mol. The lowest BCUT2D eigenvalue weighted by Crippen LogP contribution is -2.01. The summed E-state index contributed by atoms with van der Waals surface area (Å²) in [7, 11) is 0. The van der Waals surface area contributed by atoms with E-state index < -0.39 is 6.10 Å². The van der Waals surface area contributed by atoms with Gasteiger partial charge in [-0.3, -0.25) is 0 Å². The molecule has 4 heteroatoms. The maximum absolute atomic E-state index is 13.1. The van der Waals surface area contributed by atoms with Crippen LogP contribution >= 0.6 is 27.3 Å². The summed E-state index contributed by atoms with van der Waals surface area (Å²) in [5, 5.41) is 12.1. The van der Waals surface area contributed by atoms with Crippen molar-refractivity contribution in [1.82, 2.24) is 0 Å². The molecule has 0 aliphatic rings. The minimum Gasteiger partial charge on any atom is -0.387 e. The molecule has 2 rings (SSSR count). The number of aliphatic hydroxyl groups excluding tert-OH is 1. The molecular weight excluding hydrogens is 303 g/mol. The second kappa shape index (κ2) is 5.29. The van der Waals surface area contributed by atoms with Crippen molar-refractivity contribution in [2.24, 2.45) is 0 Å². The maximum Gasteiger partial charge on any atom is 0.137 e. The van der Waals surface area contributed by atoms with Crippen molar-refractivity contribution in [1.29, 1.82) is 0 Å². The minimum absolute atomic E-state index is 0.282. The molecule has 0 bridgehead atoms. The Labute approximate surface area is 112 Å². The highest BCUT2D eigenvalue weighted by Gasteiger charge is 2.13. The van der Waals surface area contributed by atoms with Crippen LogP contribution in [0.5, 0.6) is 0 Å². The van der Waals surface area contributed by atoms with Crippen molar-refractivity contribution in [3.05, 3.63) is 55.9 Å². The third kappa shape index (κ3) is 2.94. The smallest absolute Gasteiger partial charge is 0.137 e. The van der Waals surface area contributed by atoms with Gasteiger partial charge in [-0.05, 0) is 57.6 Å². The highest BCUT2D eigenvalue weighted by atomic mass is 79.9. The van der Waals surface area contributed by atoms with E-state index in [0.717, 1.165) is 16.0 Å². The molecule has 0 saturated carbocycles. The fraction of sp³-hybridized carbons (Fsp3) is 0.231. The first kappa shape index (κ1) is 12.7. The molecule has 1 aromatic heterocycles. The van der Waals surface area contributed by atoms with E-state index in [0.29, 0.717) is 10.9 Å². The average Bonchev–Trinajstić information content (AvgIpc) is 2.70. The lowest BCUT2D eigenvalue weighted by molar-refractivity contribution is 0.181. The number of hydrogen-bond donors (Lipinski definition) is 1. The quantitative estimate of drug-likeness (QED) is 0.898. The van der Waals surface area contributed by atoms with Crippen molar-refractivity contribution in [2.75, 3.05) is 0 Å². The number of aryl methyl sites for hydroxylation is 1. The highest BCUT2D eigenvalue weighted by molar-refractivity contribution is 9.10. The van der Waals surface area contributed by atoms with Crippen LogP contribution in [0.1, 0.15) is 22.1 Å². The number of thiophene rings is 1. The third-order valence-electron chi connectivity index (χ3n) is 2.62. The Morgan fingerprint density at radius 1 is 1.41 bits per heavy atom. The second-order valence-electron chi connectivity index (χ2n) is 3.94. The number of benzene rings is 1. The predicted octanol–water partition coefficient (Wildman–Crippen LogP) is 4.23. The molecule has 1 unspecified atom stereocenters. The summed E-state index contributed by atoms with van der Waals surface area (Å²) in [6.45, 7) is 1.98. The zero-order valence-electron chi connectivity index (χ0n) is 9.28. The van der Waals surface area contributed by atoms with E-state index in [4.69, 9.17) is 0 Å². The molecule has 0 fully saturated rings. The van der Waals surface area contributed by atoms with Gasteiger partial charge in [0.2, 0.25) is 0 Å². The van der Waals surface area contributed by atoms with Crippen molar-refractivity contribution in [3.63, 3.8) is 0 Å². The molecule has 0 radical (unpaired) electrons. The Kier molecular flexibility index (Phi) is 3.97. The summed E-state index contributed by atoms with van der Waals surface area (Å²) in [6, 6.07) is 6.81. The van der Waals surface area contributed by atoms with Gasteiger partial charge in [0.25, 0.3) is 0 Å². The lowest BCUT2D eigenvalue weighted by atomic mass is 10.1. The summed E-state index contributed by atoms with van der Waals surface area (Å²) in [5.41, 5.74) is 2.02. The fourth-order valence-electron chi connectivity index (χ4n) is 1.71. The third-order valence-corrected chi connectivity index (χ3v) is 4.35. The van der Waals surface area contributed by atoms with E-state index in [1.165, 1.54) is 6.07 Å². The Balaban J connectivity index is 2.16. The monoisotopic (exact) mass is 314 g/mol. The van der Waals surface area contributed by atoms with E-state index in [1.807, 2.05) is 18.4 Å². The van der Waals surface area contributed by atoms with E-state index in [2.05, 4.69) is 15.9 Å². The van der Waals surface area contributed by atoms with E-state index in [9.17, 15) is 9.50 Å². The Morgan fingerprint density at radius 2 is 2.18 bits per heavy atom. The summed E-state index contributed by atoms with van der Waals surface area (Å²) < 4.78 is 13.5. The summed E-state index contributed by atoms with van der Waals surface area (Å²) in [5.74, 6) is -0.282. The molecule has 0 aliphatic heterocycles. The maximum atomic E-state index is 13.1. The van der Waals surface area contributed by atoms with Gasteiger partial charge in [0.15, 0.2) is 0 Å². The molecule has 0 aliphatic carbocycles. The average molecular weight is 315 g/mol. The van der Waals surface area contributed by atoms with Crippen LogP contribution in [0.15, 0.2) is 34.1 Å². The molecule has 90 valence electrons. The number of hydrogen-bond acceptors (Lipinski definition) is 2. The van der Waals surface area contributed by atoms with Gasteiger partial charge in [-0.1, -0.05) is 6.07 Å². The van der Waals surface area contributed by atoms with E-state index in [-0.39, 0.29) is 5.82 Å². The summed E-state index contributed by atoms with van der Waals surface area (Å²) in [6.07, 6.45) is -0.0207. The topological polar surface area (TPSA) is 20.2 Å².